The first-order valence-corrected chi connectivity index (χ1v) is 4.33. The van der Waals surface area contributed by atoms with Gasteiger partial charge in [-0.25, -0.2) is 0 Å². The number of allylic oxidation sites excluding steroid dienone is 4. The highest BCUT2D eigenvalue weighted by atomic mass is 35.5. The summed E-state index contributed by atoms with van der Waals surface area (Å²) >= 11 is 5.65. The monoisotopic (exact) mass is 156 g/mol. The molecule has 0 radical (unpaired) electrons. The lowest BCUT2D eigenvalue weighted by molar-refractivity contribution is 0.630. The molecule has 1 heteroatoms. The smallest absolute Gasteiger partial charge is 0.0470 e. The summed E-state index contributed by atoms with van der Waals surface area (Å²) in [4.78, 5) is 0. The molecule has 0 bridgehead atoms. The summed E-state index contributed by atoms with van der Waals surface area (Å²) in [6, 6.07) is 0. The molecule has 1 atom stereocenters. The van der Waals surface area contributed by atoms with E-state index in [2.05, 4.69) is 25.2 Å². The summed E-state index contributed by atoms with van der Waals surface area (Å²) in [5.41, 5.74) is 1.27. The van der Waals surface area contributed by atoms with Crippen LogP contribution in [0.3, 0.4) is 0 Å². The van der Waals surface area contributed by atoms with Crippen molar-refractivity contribution in [3.05, 3.63) is 23.8 Å². The first kappa shape index (κ1) is 7.87. The summed E-state index contributed by atoms with van der Waals surface area (Å²) in [7, 11) is 0. The van der Waals surface area contributed by atoms with Crippen molar-refractivity contribution in [3.63, 3.8) is 0 Å². The quantitative estimate of drug-likeness (QED) is 0.539. The molecule has 0 aliphatic heterocycles. The van der Waals surface area contributed by atoms with Gasteiger partial charge in [0.2, 0.25) is 0 Å². The third-order valence-electron chi connectivity index (χ3n) is 1.94. The van der Waals surface area contributed by atoms with Gasteiger partial charge in [0.25, 0.3) is 0 Å². The Hall–Kier alpha value is -0.230. The van der Waals surface area contributed by atoms with E-state index in [1.165, 1.54) is 18.4 Å². The van der Waals surface area contributed by atoms with Crippen molar-refractivity contribution in [1.29, 1.82) is 0 Å². The Morgan fingerprint density at radius 2 is 2.50 bits per heavy atom. The highest BCUT2D eigenvalue weighted by Crippen LogP contribution is 2.19. The fourth-order valence-corrected chi connectivity index (χ4v) is 1.31. The van der Waals surface area contributed by atoms with Crippen LogP contribution in [0.1, 0.15) is 19.8 Å². The molecular formula is C9H13Cl. The summed E-state index contributed by atoms with van der Waals surface area (Å²) in [6.07, 6.45) is 9.06. The second-order valence-corrected chi connectivity index (χ2v) is 2.94. The van der Waals surface area contributed by atoms with Gasteiger partial charge in [-0.3, -0.25) is 0 Å². The van der Waals surface area contributed by atoms with E-state index in [1.54, 1.807) is 0 Å². The zero-order valence-corrected chi connectivity index (χ0v) is 7.06. The van der Waals surface area contributed by atoms with Crippen LogP contribution in [0, 0.1) is 5.92 Å². The number of halogens is 1. The molecule has 10 heavy (non-hydrogen) atoms. The Balaban J connectivity index is 2.46. The number of hydrogen-bond acceptors (Lipinski definition) is 0. The van der Waals surface area contributed by atoms with Crippen molar-refractivity contribution < 1.29 is 0 Å². The molecule has 0 saturated heterocycles. The molecule has 0 spiro atoms. The van der Waals surface area contributed by atoms with Gasteiger partial charge >= 0.3 is 0 Å². The maximum absolute atomic E-state index is 5.65. The maximum atomic E-state index is 5.65. The standard InChI is InChI=1S/C9H13Cl/c1-2-8-3-5-9(7-10)6-4-8/h3,5-6,8H,2,4,7H2,1H3. The van der Waals surface area contributed by atoms with Crippen LogP contribution in [0.5, 0.6) is 0 Å². The second kappa shape index (κ2) is 3.82. The summed E-state index contributed by atoms with van der Waals surface area (Å²) < 4.78 is 0. The lowest BCUT2D eigenvalue weighted by atomic mass is 9.95. The molecule has 1 unspecified atom stereocenters. The molecule has 56 valence electrons. The van der Waals surface area contributed by atoms with E-state index in [-0.39, 0.29) is 0 Å². The van der Waals surface area contributed by atoms with Crippen molar-refractivity contribution >= 4 is 11.6 Å². The number of hydrogen-bond donors (Lipinski definition) is 0. The fraction of sp³-hybridized carbons (Fsp3) is 0.556. The Labute approximate surface area is 67.6 Å². The summed E-state index contributed by atoms with van der Waals surface area (Å²) in [5.74, 6) is 1.42. The van der Waals surface area contributed by atoms with Gasteiger partial charge in [-0.2, -0.15) is 0 Å². The third-order valence-corrected chi connectivity index (χ3v) is 2.25. The van der Waals surface area contributed by atoms with Gasteiger partial charge in [0.15, 0.2) is 0 Å². The highest BCUT2D eigenvalue weighted by Gasteiger charge is 2.04. The van der Waals surface area contributed by atoms with E-state index in [4.69, 9.17) is 11.6 Å². The van der Waals surface area contributed by atoms with Gasteiger partial charge in [-0.05, 0) is 24.3 Å². The van der Waals surface area contributed by atoms with Crippen molar-refractivity contribution in [2.75, 3.05) is 5.88 Å². The minimum Gasteiger partial charge on any atom is -0.122 e. The molecule has 0 aromatic rings. The van der Waals surface area contributed by atoms with Crippen molar-refractivity contribution in [2.45, 2.75) is 19.8 Å². The van der Waals surface area contributed by atoms with Crippen LogP contribution in [-0.2, 0) is 0 Å². The molecule has 0 heterocycles. The maximum Gasteiger partial charge on any atom is 0.0470 e. The number of alkyl halides is 1. The first-order chi connectivity index (χ1) is 4.86. The van der Waals surface area contributed by atoms with Crippen molar-refractivity contribution in [3.8, 4) is 0 Å². The van der Waals surface area contributed by atoms with E-state index in [0.717, 1.165) is 5.92 Å². The highest BCUT2D eigenvalue weighted by molar-refractivity contribution is 6.19. The topological polar surface area (TPSA) is 0 Å². The molecule has 0 fully saturated rings. The lowest BCUT2D eigenvalue weighted by Gasteiger charge is -2.11. The second-order valence-electron chi connectivity index (χ2n) is 2.68. The molecular weight excluding hydrogens is 144 g/mol. The zero-order valence-electron chi connectivity index (χ0n) is 6.31. The molecule has 1 aliphatic carbocycles. The third kappa shape index (κ3) is 1.88. The number of rotatable bonds is 2. The molecule has 1 rings (SSSR count). The van der Waals surface area contributed by atoms with Gasteiger partial charge in [0.1, 0.15) is 0 Å². The minimum atomic E-state index is 0.660. The first-order valence-electron chi connectivity index (χ1n) is 3.80. The molecule has 1 aliphatic rings. The van der Waals surface area contributed by atoms with Gasteiger partial charge < -0.3 is 0 Å². The van der Waals surface area contributed by atoms with Crippen LogP contribution < -0.4 is 0 Å². The predicted molar refractivity (Wildman–Crippen MR) is 46.3 cm³/mol. The Morgan fingerprint density at radius 3 is 2.90 bits per heavy atom. The van der Waals surface area contributed by atoms with Crippen LogP contribution in [0.2, 0.25) is 0 Å². The molecule has 0 aromatic heterocycles. The molecule has 0 aromatic carbocycles. The molecule has 0 amide bonds. The van der Waals surface area contributed by atoms with Gasteiger partial charge in [0.05, 0.1) is 0 Å². The van der Waals surface area contributed by atoms with Crippen molar-refractivity contribution in [2.24, 2.45) is 5.92 Å². The van der Waals surface area contributed by atoms with E-state index in [0.29, 0.717) is 5.88 Å². The van der Waals surface area contributed by atoms with Crippen LogP contribution >= 0.6 is 11.6 Å². The predicted octanol–water partition coefficient (Wildman–Crippen LogP) is 3.14. The zero-order chi connectivity index (χ0) is 7.40. The summed E-state index contributed by atoms with van der Waals surface area (Å²) in [5, 5.41) is 0. The van der Waals surface area contributed by atoms with Crippen LogP contribution in [0.4, 0.5) is 0 Å². The molecule has 0 saturated carbocycles. The van der Waals surface area contributed by atoms with E-state index in [1.807, 2.05) is 0 Å². The average molecular weight is 157 g/mol. The van der Waals surface area contributed by atoms with Crippen LogP contribution in [0.15, 0.2) is 23.8 Å². The van der Waals surface area contributed by atoms with Gasteiger partial charge in [-0.15, -0.1) is 11.6 Å². The van der Waals surface area contributed by atoms with E-state index in [9.17, 15) is 0 Å². The molecule has 0 N–H and O–H groups in total. The van der Waals surface area contributed by atoms with Gasteiger partial charge in [-0.1, -0.05) is 25.2 Å². The van der Waals surface area contributed by atoms with Crippen LogP contribution in [-0.4, -0.2) is 5.88 Å². The normalized spacial score (nSPS) is 24.6. The average Bonchev–Trinajstić information content (AvgIpc) is 2.05. The van der Waals surface area contributed by atoms with Crippen molar-refractivity contribution in [1.82, 2.24) is 0 Å². The largest absolute Gasteiger partial charge is 0.122 e. The van der Waals surface area contributed by atoms with Gasteiger partial charge in [0, 0.05) is 5.88 Å². The lowest BCUT2D eigenvalue weighted by Crippen LogP contribution is -1.98. The van der Waals surface area contributed by atoms with Crippen LogP contribution in [0.25, 0.3) is 0 Å². The fourth-order valence-electron chi connectivity index (χ4n) is 1.11. The Kier molecular flexibility index (Phi) is 3.01. The minimum absolute atomic E-state index is 0.660. The summed E-state index contributed by atoms with van der Waals surface area (Å²) in [6.45, 7) is 2.22. The van der Waals surface area contributed by atoms with E-state index < -0.39 is 0 Å². The molecule has 0 nitrogen and oxygen atoms in total. The van der Waals surface area contributed by atoms with E-state index >= 15 is 0 Å². The Morgan fingerprint density at radius 1 is 1.70 bits per heavy atom. The Bertz CT molecular complexity index is 156. The SMILES string of the molecule is CCC1C=CC(CCl)=CC1.